The van der Waals surface area contributed by atoms with Crippen LogP contribution in [0.15, 0.2) is 30.7 Å². The molecule has 0 radical (unpaired) electrons. The number of urea groups is 1. The van der Waals surface area contributed by atoms with Crippen molar-refractivity contribution in [2.45, 2.75) is 19.9 Å². The number of anilines is 1. The lowest BCUT2D eigenvalue weighted by Gasteiger charge is -2.27. The molecule has 9 heteroatoms. The number of hydrogen-bond acceptors (Lipinski definition) is 6. The van der Waals surface area contributed by atoms with Crippen LogP contribution >= 0.6 is 0 Å². The first kappa shape index (κ1) is 21.9. The van der Waals surface area contributed by atoms with Crippen molar-refractivity contribution in [1.29, 1.82) is 0 Å². The Labute approximate surface area is 177 Å². The van der Waals surface area contributed by atoms with Crippen molar-refractivity contribution in [2.75, 3.05) is 58.3 Å². The summed E-state index contributed by atoms with van der Waals surface area (Å²) in [5.74, 6) is 1.28. The van der Waals surface area contributed by atoms with Gasteiger partial charge in [0.05, 0.1) is 13.4 Å². The van der Waals surface area contributed by atoms with E-state index in [1.54, 1.807) is 19.5 Å². The van der Waals surface area contributed by atoms with E-state index in [-0.39, 0.29) is 6.03 Å². The minimum Gasteiger partial charge on any atom is -0.493 e. The van der Waals surface area contributed by atoms with Crippen molar-refractivity contribution in [3.05, 3.63) is 36.4 Å². The minimum absolute atomic E-state index is 0.244. The van der Waals surface area contributed by atoms with Gasteiger partial charge in [-0.2, -0.15) is 0 Å². The van der Waals surface area contributed by atoms with Crippen molar-refractivity contribution in [2.24, 2.45) is 0 Å². The highest BCUT2D eigenvalue weighted by atomic mass is 16.5. The maximum absolute atomic E-state index is 12.1. The van der Waals surface area contributed by atoms with Crippen LogP contribution in [0.4, 0.5) is 10.5 Å². The Morgan fingerprint density at radius 3 is 2.80 bits per heavy atom. The lowest BCUT2D eigenvalue weighted by molar-refractivity contribution is 0.188. The standard InChI is InChI=1S/C21H32N6O3/c1-17-15-23-16-27(17)9-3-6-24-21(28)25-18-4-5-19(20(14-18)29-2)30-13-12-26-10-7-22-8-11-26/h4-5,14-16,22H,3,6-13H2,1-2H3,(H2,24,25,28). The summed E-state index contributed by atoms with van der Waals surface area (Å²) >= 11 is 0. The van der Waals surface area contributed by atoms with Crippen LogP contribution in [-0.4, -0.2) is 73.5 Å². The van der Waals surface area contributed by atoms with E-state index < -0.39 is 0 Å². The topological polar surface area (TPSA) is 92.7 Å². The molecular weight excluding hydrogens is 384 g/mol. The van der Waals surface area contributed by atoms with Gasteiger partial charge in [0.2, 0.25) is 0 Å². The molecule has 1 aromatic carbocycles. The Kier molecular flexibility index (Phi) is 8.34. The van der Waals surface area contributed by atoms with E-state index in [4.69, 9.17) is 9.47 Å². The summed E-state index contributed by atoms with van der Waals surface area (Å²) in [6.07, 6.45) is 4.45. The Morgan fingerprint density at radius 2 is 2.07 bits per heavy atom. The highest BCUT2D eigenvalue weighted by Gasteiger charge is 2.11. The van der Waals surface area contributed by atoms with Crippen molar-refractivity contribution in [3.8, 4) is 11.5 Å². The third kappa shape index (κ3) is 6.64. The maximum Gasteiger partial charge on any atom is 0.319 e. The molecule has 2 amide bonds. The van der Waals surface area contributed by atoms with Crippen LogP contribution in [-0.2, 0) is 6.54 Å². The van der Waals surface area contributed by atoms with Gasteiger partial charge in [-0.15, -0.1) is 0 Å². The Hall–Kier alpha value is -2.78. The van der Waals surface area contributed by atoms with Crippen LogP contribution in [0.25, 0.3) is 0 Å². The van der Waals surface area contributed by atoms with E-state index in [1.165, 1.54) is 0 Å². The van der Waals surface area contributed by atoms with Crippen molar-refractivity contribution < 1.29 is 14.3 Å². The van der Waals surface area contributed by atoms with Gasteiger partial charge < -0.3 is 30.0 Å². The predicted molar refractivity (Wildman–Crippen MR) is 116 cm³/mol. The number of benzene rings is 1. The Bertz CT molecular complexity index is 804. The van der Waals surface area contributed by atoms with Crippen molar-refractivity contribution >= 4 is 11.7 Å². The zero-order chi connectivity index (χ0) is 21.2. The molecule has 30 heavy (non-hydrogen) atoms. The van der Waals surface area contributed by atoms with Crippen LogP contribution in [0.1, 0.15) is 12.1 Å². The molecule has 3 rings (SSSR count). The monoisotopic (exact) mass is 416 g/mol. The van der Waals surface area contributed by atoms with Gasteiger partial charge in [0.1, 0.15) is 6.61 Å². The number of aromatic nitrogens is 2. The number of rotatable bonds is 10. The molecule has 1 saturated heterocycles. The average Bonchev–Trinajstić information content (AvgIpc) is 3.17. The number of carbonyl (C=O) groups excluding carboxylic acids is 1. The van der Waals surface area contributed by atoms with Crippen LogP contribution in [0.5, 0.6) is 11.5 Å². The molecule has 1 fully saturated rings. The SMILES string of the molecule is COc1cc(NC(=O)NCCCn2cncc2C)ccc1OCCN1CCNCC1. The molecule has 0 unspecified atom stereocenters. The summed E-state index contributed by atoms with van der Waals surface area (Å²) in [7, 11) is 1.60. The molecule has 164 valence electrons. The zero-order valence-electron chi connectivity index (χ0n) is 17.8. The van der Waals surface area contributed by atoms with Gasteiger partial charge in [0.15, 0.2) is 11.5 Å². The number of ether oxygens (including phenoxy) is 2. The molecule has 0 aliphatic carbocycles. The molecule has 9 nitrogen and oxygen atoms in total. The second-order valence-corrected chi connectivity index (χ2v) is 7.27. The number of methoxy groups -OCH3 is 1. The number of nitrogens with one attached hydrogen (secondary N) is 3. The highest BCUT2D eigenvalue weighted by Crippen LogP contribution is 2.30. The van der Waals surface area contributed by atoms with Crippen LogP contribution in [0.3, 0.4) is 0 Å². The fourth-order valence-electron chi connectivity index (χ4n) is 3.33. The number of amides is 2. The van der Waals surface area contributed by atoms with E-state index in [2.05, 4.69) is 30.4 Å². The fraction of sp³-hybridized carbons (Fsp3) is 0.524. The molecule has 0 bridgehead atoms. The second-order valence-electron chi connectivity index (χ2n) is 7.27. The number of imidazole rings is 1. The smallest absolute Gasteiger partial charge is 0.319 e. The van der Waals surface area contributed by atoms with Crippen LogP contribution < -0.4 is 25.4 Å². The largest absolute Gasteiger partial charge is 0.493 e. The van der Waals surface area contributed by atoms with Gasteiger partial charge in [-0.25, -0.2) is 9.78 Å². The molecule has 1 aliphatic heterocycles. The molecule has 1 aromatic heterocycles. The fourth-order valence-corrected chi connectivity index (χ4v) is 3.33. The van der Waals surface area contributed by atoms with Gasteiger partial charge in [-0.05, 0) is 25.5 Å². The summed E-state index contributed by atoms with van der Waals surface area (Å²) in [5.41, 5.74) is 1.77. The quantitative estimate of drug-likeness (QED) is 0.511. The molecule has 0 spiro atoms. The molecule has 1 aliphatic rings. The summed E-state index contributed by atoms with van der Waals surface area (Å²) in [6, 6.07) is 5.17. The van der Waals surface area contributed by atoms with Crippen LogP contribution in [0.2, 0.25) is 0 Å². The zero-order valence-corrected chi connectivity index (χ0v) is 17.8. The number of piperazine rings is 1. The second kappa shape index (κ2) is 11.4. The minimum atomic E-state index is -0.244. The van der Waals surface area contributed by atoms with E-state index >= 15 is 0 Å². The first-order valence-electron chi connectivity index (χ1n) is 10.4. The normalized spacial score (nSPS) is 14.3. The average molecular weight is 417 g/mol. The van der Waals surface area contributed by atoms with Crippen molar-refractivity contribution in [1.82, 2.24) is 25.1 Å². The highest BCUT2D eigenvalue weighted by molar-refractivity contribution is 5.89. The first-order valence-corrected chi connectivity index (χ1v) is 10.4. The lowest BCUT2D eigenvalue weighted by Crippen LogP contribution is -2.44. The maximum atomic E-state index is 12.1. The Balaban J connectivity index is 1.40. The summed E-state index contributed by atoms with van der Waals surface area (Å²) < 4.78 is 13.4. The lowest BCUT2D eigenvalue weighted by atomic mass is 10.2. The van der Waals surface area contributed by atoms with Crippen molar-refractivity contribution in [3.63, 3.8) is 0 Å². The first-order chi connectivity index (χ1) is 14.7. The van der Waals surface area contributed by atoms with Gasteiger partial charge in [0, 0.05) is 69.5 Å². The number of carbonyl (C=O) groups is 1. The third-order valence-electron chi connectivity index (χ3n) is 5.08. The molecule has 3 N–H and O–H groups in total. The summed E-state index contributed by atoms with van der Waals surface area (Å²) in [4.78, 5) is 18.6. The Morgan fingerprint density at radius 1 is 1.23 bits per heavy atom. The van der Waals surface area contributed by atoms with Gasteiger partial charge >= 0.3 is 6.03 Å². The molecule has 2 heterocycles. The van der Waals surface area contributed by atoms with Gasteiger partial charge in [0.25, 0.3) is 0 Å². The van der Waals surface area contributed by atoms with Crippen LogP contribution in [0, 0.1) is 6.92 Å². The number of hydrogen-bond donors (Lipinski definition) is 3. The van der Waals surface area contributed by atoms with E-state index in [1.807, 2.05) is 25.3 Å². The summed E-state index contributed by atoms with van der Waals surface area (Å²) in [5, 5.41) is 9.05. The van der Waals surface area contributed by atoms with E-state index in [9.17, 15) is 4.79 Å². The predicted octanol–water partition coefficient (Wildman–Crippen LogP) is 1.70. The number of nitrogens with zero attached hydrogens (tertiary/aromatic N) is 3. The molecule has 2 aromatic rings. The van der Waals surface area contributed by atoms with E-state index in [0.29, 0.717) is 30.3 Å². The van der Waals surface area contributed by atoms with Gasteiger partial charge in [-0.1, -0.05) is 0 Å². The number of aryl methyl sites for hydroxylation is 2. The molecule has 0 atom stereocenters. The molecular formula is C21H32N6O3. The van der Waals surface area contributed by atoms with E-state index in [0.717, 1.165) is 51.4 Å². The van der Waals surface area contributed by atoms with Gasteiger partial charge in [-0.3, -0.25) is 4.90 Å². The summed E-state index contributed by atoms with van der Waals surface area (Å²) in [6.45, 7) is 9.02. The third-order valence-corrected chi connectivity index (χ3v) is 5.08. The molecule has 0 saturated carbocycles.